The van der Waals surface area contributed by atoms with Gasteiger partial charge in [0.1, 0.15) is 0 Å². The molecule has 1 saturated heterocycles. The first-order valence-electron chi connectivity index (χ1n) is 7.41. The van der Waals surface area contributed by atoms with Crippen LogP contribution in [0.3, 0.4) is 0 Å². The minimum absolute atomic E-state index is 0.397. The summed E-state index contributed by atoms with van der Waals surface area (Å²) in [6.07, 6.45) is 0. The van der Waals surface area contributed by atoms with Crippen LogP contribution >= 0.6 is 47.0 Å². The summed E-state index contributed by atoms with van der Waals surface area (Å²) in [6.45, 7) is 4.57. The molecule has 2 atom stereocenters. The maximum atomic E-state index is 2.30. The summed E-state index contributed by atoms with van der Waals surface area (Å²) < 4.78 is 3.26. The molecular weight excluding hydrogens is 503 g/mol. The van der Waals surface area contributed by atoms with E-state index in [2.05, 4.69) is 60.9 Å². The first-order valence-corrected chi connectivity index (χ1v) is 17.5. The van der Waals surface area contributed by atoms with Crippen molar-refractivity contribution >= 4 is 82.9 Å². The fourth-order valence-electron chi connectivity index (χ4n) is 1.52. The number of rotatable bonds is 15. The predicted molar refractivity (Wildman–Crippen MR) is 109 cm³/mol. The molecule has 1 fully saturated rings. The van der Waals surface area contributed by atoms with Gasteiger partial charge in [-0.1, -0.05) is 0 Å². The minimum atomic E-state index is 0.397. The molecule has 0 amide bonds. The summed E-state index contributed by atoms with van der Waals surface area (Å²) in [5.41, 5.74) is 0. The first-order chi connectivity index (χ1) is 9.86. The molecule has 0 aliphatic carbocycles. The maximum absolute atomic E-state index is 2.30. The molecule has 0 N–H and O–H groups in total. The normalized spacial score (nSPS) is 19.2. The van der Waals surface area contributed by atoms with Gasteiger partial charge in [0.25, 0.3) is 0 Å². The van der Waals surface area contributed by atoms with Crippen LogP contribution in [0.2, 0.25) is 19.6 Å². The Kier molecular flexibility index (Phi) is 15.8. The van der Waals surface area contributed by atoms with Gasteiger partial charge in [0.15, 0.2) is 0 Å². The van der Waals surface area contributed by atoms with Crippen molar-refractivity contribution in [3.8, 4) is 0 Å². The summed E-state index contributed by atoms with van der Waals surface area (Å²) in [5.74, 6) is 8.18. The van der Waals surface area contributed by atoms with Gasteiger partial charge in [-0.15, -0.1) is 0 Å². The summed E-state index contributed by atoms with van der Waals surface area (Å²) in [5, 5.41) is 5.19. The van der Waals surface area contributed by atoms with Crippen LogP contribution in [-0.4, -0.2) is 80.9 Å². The topological polar surface area (TPSA) is 0 Å². The Bertz CT molecular complexity index is 217. The van der Waals surface area contributed by atoms with Gasteiger partial charge in [-0.25, -0.2) is 0 Å². The third-order valence-electron chi connectivity index (χ3n) is 2.68. The van der Waals surface area contributed by atoms with E-state index in [9.17, 15) is 0 Å². The molecular formula is C14H28S4SeTe. The molecule has 0 radical (unpaired) electrons. The van der Waals surface area contributed by atoms with Crippen molar-refractivity contribution in [3.05, 3.63) is 0 Å². The van der Waals surface area contributed by atoms with Crippen molar-refractivity contribution < 1.29 is 0 Å². The zero-order valence-corrected chi connectivity index (χ0v) is 20.0. The van der Waals surface area contributed by atoms with Crippen LogP contribution in [0.4, 0.5) is 0 Å². The molecule has 6 heteroatoms. The van der Waals surface area contributed by atoms with Crippen LogP contribution in [0, 0.1) is 0 Å². The second kappa shape index (κ2) is 15.2. The van der Waals surface area contributed by atoms with Gasteiger partial charge in [-0.3, -0.25) is 0 Å². The van der Waals surface area contributed by atoms with E-state index in [1.54, 1.807) is 14.3 Å². The monoisotopic (exact) mass is 534 g/mol. The van der Waals surface area contributed by atoms with Gasteiger partial charge in [0.05, 0.1) is 0 Å². The van der Waals surface area contributed by atoms with E-state index in [1.807, 2.05) is 0 Å². The number of thioether (sulfide) groups is 4. The molecule has 1 aliphatic heterocycles. The van der Waals surface area contributed by atoms with Gasteiger partial charge in [0.2, 0.25) is 0 Å². The summed E-state index contributed by atoms with van der Waals surface area (Å²) >= 11 is 10.0. The van der Waals surface area contributed by atoms with Crippen molar-refractivity contribution in [2.24, 2.45) is 0 Å². The van der Waals surface area contributed by atoms with Gasteiger partial charge < -0.3 is 0 Å². The fraction of sp³-hybridized carbons (Fsp3) is 1.00. The Morgan fingerprint density at radius 2 is 2.05 bits per heavy atom. The molecule has 0 bridgehead atoms. The van der Waals surface area contributed by atoms with E-state index in [1.165, 1.54) is 39.8 Å². The average molecular weight is 531 g/mol. The molecule has 120 valence electrons. The van der Waals surface area contributed by atoms with Gasteiger partial charge in [0, 0.05) is 0 Å². The molecule has 0 saturated carbocycles. The van der Waals surface area contributed by atoms with E-state index in [0.29, 0.717) is 20.9 Å². The van der Waals surface area contributed by atoms with E-state index in [-0.39, 0.29) is 0 Å². The summed E-state index contributed by atoms with van der Waals surface area (Å²) in [6, 6.07) is 0. The van der Waals surface area contributed by atoms with E-state index < -0.39 is 0 Å². The molecule has 0 spiro atoms. The fourth-order valence-corrected chi connectivity index (χ4v) is 14.8. The average Bonchev–Trinajstić information content (AvgIpc) is 3.27. The Labute approximate surface area is 159 Å². The Balaban J connectivity index is 1.95. The van der Waals surface area contributed by atoms with Crippen LogP contribution in [0.1, 0.15) is 13.8 Å². The van der Waals surface area contributed by atoms with Crippen LogP contribution < -0.4 is 0 Å². The van der Waals surface area contributed by atoms with Crippen molar-refractivity contribution in [1.29, 1.82) is 0 Å². The molecule has 0 aromatic carbocycles. The Hall–Kier alpha value is 2.71. The zero-order chi connectivity index (χ0) is 14.5. The van der Waals surface area contributed by atoms with E-state index in [4.69, 9.17) is 0 Å². The van der Waals surface area contributed by atoms with Gasteiger partial charge in [-0.05, 0) is 0 Å². The predicted octanol–water partition coefficient (Wildman–Crippen LogP) is 4.79. The van der Waals surface area contributed by atoms with E-state index in [0.717, 1.165) is 25.5 Å². The van der Waals surface area contributed by atoms with Crippen molar-refractivity contribution in [3.63, 3.8) is 0 Å². The van der Waals surface area contributed by atoms with Crippen LogP contribution in [0.5, 0.6) is 0 Å². The first kappa shape index (κ1) is 20.8. The Morgan fingerprint density at radius 3 is 2.75 bits per heavy atom. The molecule has 0 aromatic rings. The van der Waals surface area contributed by atoms with E-state index >= 15 is 0 Å². The van der Waals surface area contributed by atoms with Crippen LogP contribution in [0.15, 0.2) is 0 Å². The number of hydrogen-bond donors (Lipinski definition) is 0. The SMILES string of the molecule is CCSCCSC(CSCC)C[Se]CC[Te]CC1CS1. The number of hydrogen-bond acceptors (Lipinski definition) is 4. The molecule has 0 nitrogen and oxygen atoms in total. The molecule has 20 heavy (non-hydrogen) atoms. The summed E-state index contributed by atoms with van der Waals surface area (Å²) in [7, 11) is 0. The summed E-state index contributed by atoms with van der Waals surface area (Å²) in [4.78, 5) is 0. The third-order valence-corrected chi connectivity index (χ3v) is 15.9. The van der Waals surface area contributed by atoms with Crippen LogP contribution in [-0.2, 0) is 0 Å². The molecule has 1 rings (SSSR count). The van der Waals surface area contributed by atoms with Crippen molar-refractivity contribution in [2.45, 2.75) is 43.9 Å². The molecule has 0 aromatic heterocycles. The second-order valence-corrected chi connectivity index (χ2v) is 15.6. The van der Waals surface area contributed by atoms with Gasteiger partial charge >= 0.3 is 161 Å². The zero-order valence-electron chi connectivity index (χ0n) is 12.7. The standard InChI is InChI=1S/C14H28S4SeTe/c1-3-15-5-6-17-13(9-16-4-2)11-19-7-8-20-12-14-10-18-14/h13-14H,3-12H2,1-2H3. The van der Waals surface area contributed by atoms with Gasteiger partial charge in [-0.2, -0.15) is 0 Å². The Morgan fingerprint density at radius 1 is 1.25 bits per heavy atom. The quantitative estimate of drug-likeness (QED) is 0.169. The molecule has 1 heterocycles. The third kappa shape index (κ3) is 13.2. The molecule has 1 aliphatic rings. The molecule has 2 unspecified atom stereocenters. The van der Waals surface area contributed by atoms with Crippen LogP contribution in [0.25, 0.3) is 0 Å². The van der Waals surface area contributed by atoms with Crippen molar-refractivity contribution in [1.82, 2.24) is 0 Å². The second-order valence-electron chi connectivity index (χ2n) is 4.45. The van der Waals surface area contributed by atoms with Crippen molar-refractivity contribution in [2.75, 3.05) is 34.5 Å².